The maximum absolute atomic E-state index is 12.4. The summed E-state index contributed by atoms with van der Waals surface area (Å²) in [6, 6.07) is 14.5. The molecule has 4 heteroatoms. The number of alkyl halides is 3. The number of aryl methyl sites for hydroxylation is 1. The van der Waals surface area contributed by atoms with Crippen LogP contribution in [0.1, 0.15) is 35.4 Å². The molecule has 1 nitrogen and oxygen atoms in total. The van der Waals surface area contributed by atoms with Crippen molar-refractivity contribution >= 4 is 11.6 Å². The lowest BCUT2D eigenvalue weighted by molar-refractivity contribution is -0.0504. The fourth-order valence-corrected chi connectivity index (χ4v) is 2.54. The molecule has 0 spiro atoms. The minimum Gasteiger partial charge on any atom is -0.434 e. The maximum Gasteiger partial charge on any atom is 0.387 e. The van der Waals surface area contributed by atoms with Crippen molar-refractivity contribution in [3.8, 4) is 5.75 Å². The largest absolute Gasteiger partial charge is 0.434 e. The summed E-state index contributed by atoms with van der Waals surface area (Å²) < 4.78 is 29.4. The summed E-state index contributed by atoms with van der Waals surface area (Å²) in [5.41, 5.74) is 2.65. The molecule has 1 unspecified atom stereocenters. The van der Waals surface area contributed by atoms with Gasteiger partial charge in [-0.1, -0.05) is 55.8 Å². The zero-order valence-electron chi connectivity index (χ0n) is 11.7. The quantitative estimate of drug-likeness (QED) is 0.634. The summed E-state index contributed by atoms with van der Waals surface area (Å²) in [7, 11) is 0. The number of hydrogen-bond donors (Lipinski definition) is 0. The summed E-state index contributed by atoms with van der Waals surface area (Å²) in [5.74, 6) is 0.116. The second-order valence-corrected chi connectivity index (χ2v) is 5.21. The Hall–Kier alpha value is -1.61. The van der Waals surface area contributed by atoms with Gasteiger partial charge in [0.1, 0.15) is 5.75 Å². The lowest BCUT2D eigenvalue weighted by atomic mass is 10.0. The van der Waals surface area contributed by atoms with Gasteiger partial charge in [-0.2, -0.15) is 8.78 Å². The molecule has 0 saturated carbocycles. The molecule has 0 fully saturated rings. The molecule has 0 N–H and O–H groups in total. The molecular formula is C17H17ClF2O. The van der Waals surface area contributed by atoms with Gasteiger partial charge in [0.05, 0.1) is 5.38 Å². The van der Waals surface area contributed by atoms with Gasteiger partial charge in [-0.25, -0.2) is 0 Å². The van der Waals surface area contributed by atoms with Crippen LogP contribution in [0.25, 0.3) is 0 Å². The van der Waals surface area contributed by atoms with E-state index in [9.17, 15) is 8.78 Å². The third kappa shape index (κ3) is 4.18. The Morgan fingerprint density at radius 3 is 2.33 bits per heavy atom. The summed E-state index contributed by atoms with van der Waals surface area (Å²) in [6.07, 6.45) is 2.09. The van der Waals surface area contributed by atoms with Crippen LogP contribution in [0.2, 0.25) is 0 Å². The number of ether oxygens (including phenoxy) is 1. The Bertz CT molecular complexity index is 569. The second-order valence-electron chi connectivity index (χ2n) is 4.77. The van der Waals surface area contributed by atoms with E-state index in [1.165, 1.54) is 11.6 Å². The van der Waals surface area contributed by atoms with Gasteiger partial charge in [-0.05, 0) is 23.6 Å². The van der Waals surface area contributed by atoms with Gasteiger partial charge in [-0.3, -0.25) is 0 Å². The van der Waals surface area contributed by atoms with Crippen molar-refractivity contribution < 1.29 is 13.5 Å². The maximum atomic E-state index is 12.4. The normalized spacial score (nSPS) is 12.4. The number of rotatable bonds is 6. The van der Waals surface area contributed by atoms with Gasteiger partial charge in [-0.15, -0.1) is 11.6 Å². The summed E-state index contributed by atoms with van der Waals surface area (Å²) >= 11 is 6.42. The Morgan fingerprint density at radius 1 is 1.05 bits per heavy atom. The average Bonchev–Trinajstić information content (AvgIpc) is 2.48. The van der Waals surface area contributed by atoms with Crippen molar-refractivity contribution in [2.45, 2.75) is 31.8 Å². The zero-order valence-corrected chi connectivity index (χ0v) is 12.5. The molecule has 2 aromatic carbocycles. The fraction of sp³-hybridized carbons (Fsp3) is 0.294. The highest BCUT2D eigenvalue weighted by atomic mass is 35.5. The predicted octanol–water partition coefficient (Wildman–Crippen LogP) is 5.57. The van der Waals surface area contributed by atoms with E-state index in [1.54, 1.807) is 18.2 Å². The van der Waals surface area contributed by atoms with E-state index in [4.69, 9.17) is 11.6 Å². The third-order valence-electron chi connectivity index (χ3n) is 3.22. The van der Waals surface area contributed by atoms with Crippen LogP contribution in [0.15, 0.2) is 48.5 Å². The van der Waals surface area contributed by atoms with E-state index in [1.807, 2.05) is 24.3 Å². The average molecular weight is 311 g/mol. The molecule has 0 amide bonds. The first-order chi connectivity index (χ1) is 10.1. The smallest absolute Gasteiger partial charge is 0.387 e. The Balaban J connectivity index is 2.24. The van der Waals surface area contributed by atoms with E-state index < -0.39 is 12.0 Å². The molecule has 0 radical (unpaired) electrons. The number of para-hydroxylation sites is 1. The van der Waals surface area contributed by atoms with Gasteiger partial charge in [0, 0.05) is 5.56 Å². The van der Waals surface area contributed by atoms with Gasteiger partial charge < -0.3 is 4.74 Å². The summed E-state index contributed by atoms with van der Waals surface area (Å²) in [5, 5.41) is -0.518. The van der Waals surface area contributed by atoms with Crippen molar-refractivity contribution in [2.75, 3.05) is 0 Å². The van der Waals surface area contributed by atoms with E-state index in [-0.39, 0.29) is 5.75 Å². The monoisotopic (exact) mass is 310 g/mol. The minimum absolute atomic E-state index is 0.116. The Morgan fingerprint density at radius 2 is 1.71 bits per heavy atom. The molecule has 2 aromatic rings. The van der Waals surface area contributed by atoms with E-state index in [2.05, 4.69) is 11.7 Å². The van der Waals surface area contributed by atoms with Crippen LogP contribution in [-0.4, -0.2) is 6.61 Å². The molecule has 0 bridgehead atoms. The predicted molar refractivity (Wildman–Crippen MR) is 81.2 cm³/mol. The molecule has 0 heterocycles. The van der Waals surface area contributed by atoms with Crippen LogP contribution < -0.4 is 4.74 Å². The van der Waals surface area contributed by atoms with Crippen molar-refractivity contribution in [1.82, 2.24) is 0 Å². The highest BCUT2D eigenvalue weighted by Gasteiger charge is 2.17. The van der Waals surface area contributed by atoms with Crippen LogP contribution in [0.4, 0.5) is 8.78 Å². The van der Waals surface area contributed by atoms with Crippen molar-refractivity contribution in [3.63, 3.8) is 0 Å². The van der Waals surface area contributed by atoms with E-state index in [0.717, 1.165) is 18.4 Å². The minimum atomic E-state index is -2.86. The molecule has 0 aliphatic rings. The van der Waals surface area contributed by atoms with Gasteiger partial charge >= 0.3 is 6.61 Å². The first-order valence-corrected chi connectivity index (χ1v) is 7.32. The zero-order chi connectivity index (χ0) is 15.2. The van der Waals surface area contributed by atoms with Crippen LogP contribution in [0.3, 0.4) is 0 Å². The standard InChI is InChI=1S/C17H17ClF2O/c1-2-5-12-8-10-13(11-9-12)16(18)14-6-3-4-7-15(14)21-17(19)20/h3-4,6-11,16-17H,2,5H2,1H3. The lowest BCUT2D eigenvalue weighted by Gasteiger charge is -2.15. The van der Waals surface area contributed by atoms with Crippen molar-refractivity contribution in [3.05, 3.63) is 65.2 Å². The molecular weight excluding hydrogens is 294 g/mol. The molecule has 0 aromatic heterocycles. The molecule has 0 saturated heterocycles. The first-order valence-electron chi connectivity index (χ1n) is 6.88. The van der Waals surface area contributed by atoms with Gasteiger partial charge in [0.2, 0.25) is 0 Å². The molecule has 21 heavy (non-hydrogen) atoms. The van der Waals surface area contributed by atoms with Crippen LogP contribution >= 0.6 is 11.6 Å². The van der Waals surface area contributed by atoms with Gasteiger partial charge in [0.15, 0.2) is 0 Å². The summed E-state index contributed by atoms with van der Waals surface area (Å²) in [6.45, 7) is -0.738. The third-order valence-corrected chi connectivity index (χ3v) is 3.71. The van der Waals surface area contributed by atoms with Crippen molar-refractivity contribution in [2.24, 2.45) is 0 Å². The molecule has 1 atom stereocenters. The second kappa shape index (κ2) is 7.41. The van der Waals surface area contributed by atoms with Gasteiger partial charge in [0.25, 0.3) is 0 Å². The lowest BCUT2D eigenvalue weighted by Crippen LogP contribution is -2.05. The van der Waals surface area contributed by atoms with Crippen LogP contribution in [-0.2, 0) is 6.42 Å². The van der Waals surface area contributed by atoms with Crippen LogP contribution in [0.5, 0.6) is 5.75 Å². The molecule has 112 valence electrons. The fourth-order valence-electron chi connectivity index (χ4n) is 2.21. The first kappa shape index (κ1) is 15.8. The summed E-state index contributed by atoms with van der Waals surface area (Å²) in [4.78, 5) is 0. The Labute approximate surface area is 128 Å². The highest BCUT2D eigenvalue weighted by Crippen LogP contribution is 2.35. The van der Waals surface area contributed by atoms with E-state index in [0.29, 0.717) is 5.56 Å². The number of hydrogen-bond acceptors (Lipinski definition) is 1. The molecule has 0 aliphatic carbocycles. The highest BCUT2D eigenvalue weighted by molar-refractivity contribution is 6.22. The number of halogens is 3. The molecule has 0 aliphatic heterocycles. The SMILES string of the molecule is CCCc1ccc(C(Cl)c2ccccc2OC(F)F)cc1. The molecule has 2 rings (SSSR count). The van der Waals surface area contributed by atoms with Crippen molar-refractivity contribution in [1.29, 1.82) is 0 Å². The van der Waals surface area contributed by atoms with Crippen LogP contribution in [0, 0.1) is 0 Å². The Kier molecular flexibility index (Phi) is 5.57. The number of benzene rings is 2. The van der Waals surface area contributed by atoms with E-state index >= 15 is 0 Å². The topological polar surface area (TPSA) is 9.23 Å².